The minimum atomic E-state index is -4.82. The van der Waals surface area contributed by atoms with Crippen molar-refractivity contribution >= 4 is 17.3 Å². The highest BCUT2D eigenvalue weighted by Crippen LogP contribution is 2.55. The summed E-state index contributed by atoms with van der Waals surface area (Å²) < 4.78 is 61.3. The summed E-state index contributed by atoms with van der Waals surface area (Å²) in [5, 5.41) is 17.3. The van der Waals surface area contributed by atoms with E-state index in [1.165, 1.54) is 0 Å². The molecule has 1 aromatic carbocycles. The molecule has 0 amide bonds. The zero-order valence-electron chi connectivity index (χ0n) is 17.0. The van der Waals surface area contributed by atoms with Crippen molar-refractivity contribution in [1.29, 1.82) is 0 Å². The minimum Gasteiger partial charge on any atom is -0.423 e. The SMILES string of the molecule is Cc1nnc([C@]23C[C@@H](C)C[C@H](C2)N3Nc2cc(-n3ncc(Cl)n3)c(C(F)(F)F)cc2F)o1. The first-order valence-electron chi connectivity index (χ1n) is 9.92. The van der Waals surface area contributed by atoms with Gasteiger partial charge in [0.1, 0.15) is 17.0 Å². The predicted octanol–water partition coefficient (Wildman–Crippen LogP) is 4.50. The number of piperidine rings is 1. The lowest BCUT2D eigenvalue weighted by Gasteiger charge is -2.61. The Morgan fingerprint density at radius 2 is 2.03 bits per heavy atom. The molecule has 2 aromatic heterocycles. The number of aromatic nitrogens is 5. The number of benzene rings is 1. The Morgan fingerprint density at radius 1 is 1.25 bits per heavy atom. The number of nitrogens with one attached hydrogen (secondary N) is 1. The molecule has 2 fully saturated rings. The first-order valence-corrected chi connectivity index (χ1v) is 10.3. The Labute approximate surface area is 184 Å². The Morgan fingerprint density at radius 3 is 2.66 bits per heavy atom. The van der Waals surface area contributed by atoms with Crippen LogP contribution in [-0.2, 0) is 11.7 Å². The molecule has 1 aliphatic heterocycles. The zero-order chi connectivity index (χ0) is 22.8. The molecule has 8 nitrogen and oxygen atoms in total. The van der Waals surface area contributed by atoms with Gasteiger partial charge < -0.3 is 9.84 Å². The van der Waals surface area contributed by atoms with Crippen LogP contribution >= 0.6 is 11.6 Å². The Balaban J connectivity index is 1.55. The van der Waals surface area contributed by atoms with Crippen molar-refractivity contribution in [3.05, 3.63) is 46.6 Å². The largest absolute Gasteiger partial charge is 0.423 e. The first-order chi connectivity index (χ1) is 15.1. The Hall–Kier alpha value is -2.73. The minimum absolute atomic E-state index is 0.0355. The average molecular weight is 472 g/mol. The van der Waals surface area contributed by atoms with Crippen LogP contribution in [0.5, 0.6) is 0 Å². The van der Waals surface area contributed by atoms with Crippen LogP contribution in [0.4, 0.5) is 23.2 Å². The third-order valence-corrected chi connectivity index (χ3v) is 6.17. The molecule has 0 radical (unpaired) electrons. The average Bonchev–Trinajstić information content (AvgIpc) is 3.34. The summed E-state index contributed by atoms with van der Waals surface area (Å²) in [6.07, 6.45) is -1.47. The molecule has 5 rings (SSSR count). The second-order valence-electron chi connectivity index (χ2n) is 8.35. The van der Waals surface area contributed by atoms with Crippen molar-refractivity contribution in [1.82, 2.24) is 30.2 Å². The number of aryl methyl sites for hydroxylation is 1. The van der Waals surface area contributed by atoms with Crippen molar-refractivity contribution in [3.8, 4) is 5.69 Å². The van der Waals surface area contributed by atoms with Crippen molar-refractivity contribution in [2.45, 2.75) is 50.9 Å². The van der Waals surface area contributed by atoms with E-state index in [0.717, 1.165) is 29.9 Å². The molecule has 1 N–H and O–H groups in total. The lowest BCUT2D eigenvalue weighted by molar-refractivity contribution is -0.138. The van der Waals surface area contributed by atoms with Crippen molar-refractivity contribution in [2.75, 3.05) is 5.43 Å². The normalized spacial score (nSPS) is 25.6. The number of fused-ring (bicyclic) bond motifs is 2. The van der Waals surface area contributed by atoms with Gasteiger partial charge in [0.15, 0.2) is 5.15 Å². The maximum absolute atomic E-state index is 14.9. The van der Waals surface area contributed by atoms with E-state index in [1.54, 1.807) is 11.9 Å². The zero-order valence-corrected chi connectivity index (χ0v) is 17.7. The molecule has 13 heteroatoms. The van der Waals surface area contributed by atoms with Crippen LogP contribution in [-0.4, -0.2) is 36.2 Å². The van der Waals surface area contributed by atoms with E-state index < -0.39 is 28.8 Å². The lowest BCUT2D eigenvalue weighted by atomic mass is 9.65. The number of anilines is 1. The molecule has 0 spiro atoms. The summed E-state index contributed by atoms with van der Waals surface area (Å²) in [6, 6.07) is 1.49. The highest BCUT2D eigenvalue weighted by molar-refractivity contribution is 6.29. The highest BCUT2D eigenvalue weighted by atomic mass is 35.5. The molecule has 3 heterocycles. The molecular formula is C19H18ClF4N7O. The molecule has 1 saturated carbocycles. The van der Waals surface area contributed by atoms with Crippen molar-refractivity contribution in [2.24, 2.45) is 5.92 Å². The quantitative estimate of drug-likeness (QED) is 0.561. The van der Waals surface area contributed by atoms with Crippen LogP contribution in [0.25, 0.3) is 5.69 Å². The van der Waals surface area contributed by atoms with Gasteiger partial charge >= 0.3 is 6.18 Å². The number of hydrogen-bond donors (Lipinski definition) is 1. The smallest absolute Gasteiger partial charge is 0.418 e. The highest BCUT2D eigenvalue weighted by Gasteiger charge is 2.60. The summed E-state index contributed by atoms with van der Waals surface area (Å²) in [5.74, 6) is 0.107. The second kappa shape index (κ2) is 7.14. The maximum Gasteiger partial charge on any atom is 0.418 e. The molecule has 32 heavy (non-hydrogen) atoms. The lowest BCUT2D eigenvalue weighted by Crippen LogP contribution is -2.69. The van der Waals surface area contributed by atoms with Crippen LogP contribution in [0.15, 0.2) is 22.7 Å². The van der Waals surface area contributed by atoms with E-state index in [-0.39, 0.29) is 16.9 Å². The third kappa shape index (κ3) is 3.32. The van der Waals surface area contributed by atoms with Crippen molar-refractivity contribution in [3.63, 3.8) is 0 Å². The van der Waals surface area contributed by atoms with E-state index >= 15 is 0 Å². The molecule has 1 aliphatic carbocycles. The van der Waals surface area contributed by atoms with Gasteiger partial charge in [-0.3, -0.25) is 0 Å². The number of rotatable bonds is 4. The van der Waals surface area contributed by atoms with Crippen LogP contribution < -0.4 is 5.43 Å². The standard InChI is InChI=1S/C19H18ClF4N7O/c1-9-3-11-7-18(6-9,17-27-26-10(2)32-17)30(11)28-14-5-15(31-25-8-16(20)29-31)12(4-13(14)21)19(22,23)24/h4-5,8-9,11,28H,3,6-7H2,1-2H3/t9-,11+,18-/m0/s1. The van der Waals surface area contributed by atoms with Crippen LogP contribution in [0, 0.1) is 18.7 Å². The fraction of sp³-hybridized carbons (Fsp3) is 0.474. The molecule has 1 saturated heterocycles. The Kier molecular flexibility index (Phi) is 4.71. The van der Waals surface area contributed by atoms with Gasteiger partial charge in [-0.05, 0) is 37.3 Å². The van der Waals surface area contributed by atoms with Gasteiger partial charge in [0, 0.05) is 13.0 Å². The van der Waals surface area contributed by atoms with Crippen LogP contribution in [0.2, 0.25) is 5.15 Å². The predicted molar refractivity (Wildman–Crippen MR) is 104 cm³/mol. The number of halogens is 5. The molecule has 0 unspecified atom stereocenters. The third-order valence-electron chi connectivity index (χ3n) is 6.00. The fourth-order valence-electron chi connectivity index (χ4n) is 4.80. The molecule has 3 atom stereocenters. The molecule has 170 valence electrons. The van der Waals surface area contributed by atoms with Gasteiger partial charge in [-0.15, -0.1) is 20.1 Å². The summed E-state index contributed by atoms with van der Waals surface area (Å²) in [7, 11) is 0. The van der Waals surface area contributed by atoms with Gasteiger partial charge in [-0.25, -0.2) is 9.40 Å². The monoisotopic (exact) mass is 471 g/mol. The van der Waals surface area contributed by atoms with E-state index in [2.05, 4.69) is 32.7 Å². The topological polar surface area (TPSA) is 84.9 Å². The van der Waals surface area contributed by atoms with Gasteiger partial charge in [0.25, 0.3) is 0 Å². The number of hydrogen-bond acceptors (Lipinski definition) is 7. The van der Waals surface area contributed by atoms with E-state index in [1.807, 2.05) is 0 Å². The number of nitrogens with zero attached hydrogens (tertiary/aromatic N) is 6. The van der Waals surface area contributed by atoms with Crippen molar-refractivity contribution < 1.29 is 22.0 Å². The molecule has 2 bridgehead atoms. The summed E-state index contributed by atoms with van der Waals surface area (Å²) in [6.45, 7) is 3.78. The molecular weight excluding hydrogens is 454 g/mol. The summed E-state index contributed by atoms with van der Waals surface area (Å²) in [4.78, 5) is 0.728. The van der Waals surface area contributed by atoms with Crippen LogP contribution in [0.3, 0.4) is 0 Å². The van der Waals surface area contributed by atoms with Gasteiger partial charge in [-0.2, -0.15) is 18.3 Å². The van der Waals surface area contributed by atoms with E-state index in [0.29, 0.717) is 30.2 Å². The summed E-state index contributed by atoms with van der Waals surface area (Å²) in [5.41, 5.74) is 0.498. The number of alkyl halides is 3. The Bertz CT molecular complexity index is 1180. The fourth-order valence-corrected chi connectivity index (χ4v) is 4.92. The van der Waals surface area contributed by atoms with Gasteiger partial charge in [0.2, 0.25) is 11.8 Å². The number of hydrazine groups is 1. The molecule has 2 aliphatic rings. The second-order valence-corrected chi connectivity index (χ2v) is 8.73. The summed E-state index contributed by atoms with van der Waals surface area (Å²) >= 11 is 5.73. The maximum atomic E-state index is 14.9. The van der Waals surface area contributed by atoms with E-state index in [4.69, 9.17) is 16.0 Å². The van der Waals surface area contributed by atoms with Gasteiger partial charge in [0.05, 0.1) is 17.4 Å². The molecule has 3 aromatic rings. The first kappa shape index (κ1) is 21.1. The van der Waals surface area contributed by atoms with Gasteiger partial charge in [-0.1, -0.05) is 18.5 Å². The van der Waals surface area contributed by atoms with Crippen LogP contribution in [0.1, 0.15) is 43.5 Å². The van der Waals surface area contributed by atoms with E-state index in [9.17, 15) is 17.6 Å².